The molecule has 3 atom stereocenters. The molecule has 9 N–H and O–H groups in total. The first kappa shape index (κ1) is 34.7. The third-order valence-electron chi connectivity index (χ3n) is 5.89. The fourth-order valence-corrected chi connectivity index (χ4v) is 3.87. The van der Waals surface area contributed by atoms with E-state index in [-0.39, 0.29) is 24.8 Å². The summed E-state index contributed by atoms with van der Waals surface area (Å²) in [5.41, 5.74) is 5.38. The zero-order valence-corrected chi connectivity index (χ0v) is 23.4. The topological polar surface area (TPSA) is 258 Å². The molecule has 1 aliphatic heterocycles. The van der Waals surface area contributed by atoms with Crippen molar-refractivity contribution < 1.29 is 43.5 Å². The number of carboxylic acids is 1. The molecular weight excluding hydrogens is 544 g/mol. The molecular formula is C24H40N8O9. The molecule has 17 nitrogen and oxygen atoms in total. The summed E-state index contributed by atoms with van der Waals surface area (Å²) in [6.45, 7) is 3.13. The van der Waals surface area contributed by atoms with Gasteiger partial charge in [-0.3, -0.25) is 38.4 Å². The van der Waals surface area contributed by atoms with E-state index in [1.54, 1.807) is 0 Å². The van der Waals surface area contributed by atoms with E-state index in [4.69, 9.17) is 10.8 Å². The minimum absolute atomic E-state index is 0.0241. The summed E-state index contributed by atoms with van der Waals surface area (Å²) >= 11 is 0. The molecule has 1 fully saturated rings. The van der Waals surface area contributed by atoms with Crippen molar-refractivity contribution in [2.75, 3.05) is 39.3 Å². The number of nitrogens with zero attached hydrogens (tertiary/aromatic N) is 1. The van der Waals surface area contributed by atoms with Crippen molar-refractivity contribution in [1.29, 1.82) is 0 Å². The molecule has 0 radical (unpaired) electrons. The van der Waals surface area contributed by atoms with Crippen LogP contribution >= 0.6 is 0 Å². The Morgan fingerprint density at radius 2 is 1.37 bits per heavy atom. The number of hydrogen-bond acceptors (Lipinski definition) is 9. The van der Waals surface area contributed by atoms with Crippen LogP contribution in [0.2, 0.25) is 0 Å². The van der Waals surface area contributed by atoms with Crippen molar-refractivity contribution in [3.8, 4) is 0 Å². The molecule has 0 aliphatic carbocycles. The molecule has 1 rings (SSSR count). The lowest BCUT2D eigenvalue weighted by molar-refractivity contribution is -0.138. The van der Waals surface area contributed by atoms with Crippen LogP contribution in [0.1, 0.15) is 40.0 Å². The predicted molar refractivity (Wildman–Crippen MR) is 142 cm³/mol. The minimum Gasteiger partial charge on any atom is -0.480 e. The SMILES string of the molecule is CC(C)C[C@H](NC(=O)CNC(=O)[C@H](C)NC(=O)[C@@H]1CCCN1C(=O)CN)C(=O)NCC(=O)NCC(=O)NCC(=O)O. The van der Waals surface area contributed by atoms with E-state index in [9.17, 15) is 38.4 Å². The van der Waals surface area contributed by atoms with Gasteiger partial charge in [0.1, 0.15) is 24.7 Å². The molecule has 0 bridgehead atoms. The predicted octanol–water partition coefficient (Wildman–Crippen LogP) is -4.48. The highest BCUT2D eigenvalue weighted by Crippen LogP contribution is 2.17. The number of nitrogens with one attached hydrogen (secondary N) is 6. The maximum atomic E-state index is 12.6. The Morgan fingerprint density at radius 3 is 1.95 bits per heavy atom. The van der Waals surface area contributed by atoms with Gasteiger partial charge in [-0.25, -0.2) is 0 Å². The fraction of sp³-hybridized carbons (Fsp3) is 0.667. The second-order valence-electron chi connectivity index (χ2n) is 9.81. The molecule has 41 heavy (non-hydrogen) atoms. The van der Waals surface area contributed by atoms with Crippen LogP contribution in [0, 0.1) is 5.92 Å². The third-order valence-corrected chi connectivity index (χ3v) is 5.89. The van der Waals surface area contributed by atoms with E-state index < -0.39 is 85.7 Å². The lowest BCUT2D eigenvalue weighted by Crippen LogP contribution is -2.54. The Bertz CT molecular complexity index is 1000. The van der Waals surface area contributed by atoms with E-state index in [1.165, 1.54) is 11.8 Å². The Kier molecular flexibility index (Phi) is 14.8. The van der Waals surface area contributed by atoms with Crippen molar-refractivity contribution >= 4 is 47.3 Å². The van der Waals surface area contributed by atoms with E-state index >= 15 is 0 Å². The fourth-order valence-electron chi connectivity index (χ4n) is 3.87. The smallest absolute Gasteiger partial charge is 0.322 e. The van der Waals surface area contributed by atoms with Gasteiger partial charge in [0.05, 0.1) is 26.2 Å². The largest absolute Gasteiger partial charge is 0.480 e. The van der Waals surface area contributed by atoms with Crippen LogP contribution in [-0.4, -0.2) is 115 Å². The number of carboxylic acid groups (broad SMARTS) is 1. The van der Waals surface area contributed by atoms with Gasteiger partial charge in [-0.05, 0) is 32.1 Å². The van der Waals surface area contributed by atoms with Crippen LogP contribution < -0.4 is 37.6 Å². The summed E-state index contributed by atoms with van der Waals surface area (Å²) in [5.74, 6) is -5.59. The van der Waals surface area contributed by atoms with Crippen molar-refractivity contribution in [3.63, 3.8) is 0 Å². The monoisotopic (exact) mass is 584 g/mol. The van der Waals surface area contributed by atoms with Crippen LogP contribution in [0.25, 0.3) is 0 Å². The number of carbonyl (C=O) groups is 8. The first-order chi connectivity index (χ1) is 19.2. The Hall–Kier alpha value is -4.28. The van der Waals surface area contributed by atoms with Gasteiger partial charge < -0.3 is 47.6 Å². The summed E-state index contributed by atoms with van der Waals surface area (Å²) in [4.78, 5) is 97.2. The van der Waals surface area contributed by atoms with Crippen LogP contribution in [0.4, 0.5) is 0 Å². The molecule has 1 heterocycles. The maximum absolute atomic E-state index is 12.6. The number of carbonyl (C=O) groups excluding carboxylic acids is 7. The number of nitrogens with two attached hydrogens (primary N) is 1. The summed E-state index contributed by atoms with van der Waals surface area (Å²) in [5, 5.41) is 22.5. The minimum atomic E-state index is -1.25. The number of likely N-dealkylation sites (tertiary alicyclic amines) is 1. The van der Waals surface area contributed by atoms with Crippen molar-refractivity contribution in [1.82, 2.24) is 36.8 Å². The molecule has 7 amide bonds. The molecule has 1 saturated heterocycles. The summed E-state index contributed by atoms with van der Waals surface area (Å²) < 4.78 is 0. The molecule has 0 unspecified atom stereocenters. The molecule has 0 aromatic heterocycles. The first-order valence-electron chi connectivity index (χ1n) is 13.1. The second-order valence-corrected chi connectivity index (χ2v) is 9.81. The van der Waals surface area contributed by atoms with Gasteiger partial charge in [0.25, 0.3) is 0 Å². The zero-order valence-electron chi connectivity index (χ0n) is 23.4. The molecule has 0 saturated carbocycles. The first-order valence-corrected chi connectivity index (χ1v) is 13.1. The van der Waals surface area contributed by atoms with Gasteiger partial charge in [-0.2, -0.15) is 0 Å². The number of amides is 7. The van der Waals surface area contributed by atoms with Gasteiger partial charge in [0.2, 0.25) is 41.4 Å². The van der Waals surface area contributed by atoms with Crippen molar-refractivity contribution in [2.45, 2.75) is 58.2 Å². The highest BCUT2D eigenvalue weighted by Gasteiger charge is 2.34. The van der Waals surface area contributed by atoms with Crippen molar-refractivity contribution in [2.24, 2.45) is 11.7 Å². The van der Waals surface area contributed by atoms with Crippen LogP contribution in [0.3, 0.4) is 0 Å². The lowest BCUT2D eigenvalue weighted by Gasteiger charge is -2.25. The molecule has 1 aliphatic rings. The maximum Gasteiger partial charge on any atom is 0.322 e. The quantitative estimate of drug-likeness (QED) is 0.0862. The third kappa shape index (κ3) is 13.1. The molecule has 0 aromatic carbocycles. The summed E-state index contributed by atoms with van der Waals surface area (Å²) in [6.07, 6.45) is 1.29. The van der Waals surface area contributed by atoms with Crippen LogP contribution in [0.5, 0.6) is 0 Å². The average molecular weight is 585 g/mol. The average Bonchev–Trinajstić information content (AvgIpc) is 3.41. The van der Waals surface area contributed by atoms with Gasteiger partial charge in [0, 0.05) is 6.54 Å². The number of aliphatic carboxylic acids is 1. The Balaban J connectivity index is 2.52. The Morgan fingerprint density at radius 1 is 0.805 bits per heavy atom. The summed E-state index contributed by atoms with van der Waals surface area (Å²) in [6, 6.07) is -2.77. The van der Waals surface area contributed by atoms with Gasteiger partial charge in [0.15, 0.2) is 0 Å². The number of rotatable bonds is 16. The molecule has 17 heteroatoms. The summed E-state index contributed by atoms with van der Waals surface area (Å²) in [7, 11) is 0. The lowest BCUT2D eigenvalue weighted by atomic mass is 10.0. The molecule has 0 spiro atoms. The van der Waals surface area contributed by atoms with E-state index in [1.807, 2.05) is 13.8 Å². The second kappa shape index (κ2) is 17.4. The Labute approximate surface area is 237 Å². The van der Waals surface area contributed by atoms with Crippen molar-refractivity contribution in [3.05, 3.63) is 0 Å². The molecule has 0 aromatic rings. The zero-order chi connectivity index (χ0) is 31.1. The number of hydrogen-bond donors (Lipinski definition) is 8. The van der Waals surface area contributed by atoms with Gasteiger partial charge in [-0.15, -0.1) is 0 Å². The van der Waals surface area contributed by atoms with E-state index in [0.29, 0.717) is 19.4 Å². The van der Waals surface area contributed by atoms with E-state index in [2.05, 4.69) is 31.9 Å². The standard InChI is InChI=1S/C24H40N8O9/c1-13(2)7-15(23(40)29-10-18(34)26-9-17(33)27-12-21(37)38)31-19(35)11-28-22(39)14(3)30-24(41)16-5-4-6-32(16)20(36)8-25/h13-16H,4-12,25H2,1-3H3,(H,26,34)(H,27,33)(H,28,39)(H,29,40)(H,30,41)(H,31,35)(H,37,38)/t14-,15-,16-/m0/s1. The van der Waals surface area contributed by atoms with Crippen LogP contribution in [-0.2, 0) is 38.4 Å². The normalized spacial score (nSPS) is 15.7. The van der Waals surface area contributed by atoms with Gasteiger partial charge in [-0.1, -0.05) is 13.8 Å². The highest BCUT2D eigenvalue weighted by atomic mass is 16.4. The van der Waals surface area contributed by atoms with Crippen LogP contribution in [0.15, 0.2) is 0 Å². The van der Waals surface area contributed by atoms with Gasteiger partial charge >= 0.3 is 5.97 Å². The molecule has 230 valence electrons. The highest BCUT2D eigenvalue weighted by molar-refractivity contribution is 5.95. The van der Waals surface area contributed by atoms with E-state index in [0.717, 1.165) is 0 Å².